The van der Waals surface area contributed by atoms with Crippen molar-refractivity contribution >= 4 is 28.7 Å². The summed E-state index contributed by atoms with van der Waals surface area (Å²) in [6, 6.07) is 25.6. The molecule has 5 aromatic rings. The van der Waals surface area contributed by atoms with E-state index >= 15 is 0 Å². The Kier molecular flexibility index (Phi) is 8.98. The maximum atomic E-state index is 13.8. The molecule has 0 saturated carbocycles. The van der Waals surface area contributed by atoms with Gasteiger partial charge in [0.1, 0.15) is 17.7 Å². The van der Waals surface area contributed by atoms with Crippen molar-refractivity contribution in [2.75, 3.05) is 7.05 Å². The number of hydrogen-bond acceptors (Lipinski definition) is 6. The SMILES string of the molecule is CN(Cc1cccnc1)C(=O)[C@H](Cc1ccccc1)NC(=O)[C@H](Cc1ccccn1)NC(=O)c1cc2ccccc2o1. The van der Waals surface area contributed by atoms with Crippen LogP contribution >= 0.6 is 0 Å². The van der Waals surface area contributed by atoms with Gasteiger partial charge in [0.05, 0.1) is 0 Å². The number of rotatable bonds is 11. The second-order valence-electron chi connectivity index (χ2n) is 10.0. The Morgan fingerprint density at radius 1 is 0.810 bits per heavy atom. The fraction of sp³-hybridized carbons (Fsp3) is 0.182. The van der Waals surface area contributed by atoms with Gasteiger partial charge in [0.15, 0.2) is 5.76 Å². The molecule has 2 N–H and O–H groups in total. The Hall–Kier alpha value is -5.31. The number of nitrogens with zero attached hydrogens (tertiary/aromatic N) is 3. The van der Waals surface area contributed by atoms with Crippen LogP contribution in [-0.4, -0.2) is 51.7 Å². The molecule has 9 nitrogen and oxygen atoms in total. The maximum absolute atomic E-state index is 13.8. The van der Waals surface area contributed by atoms with Crippen molar-refractivity contribution in [1.29, 1.82) is 0 Å². The lowest BCUT2D eigenvalue weighted by atomic mass is 10.0. The van der Waals surface area contributed by atoms with E-state index in [0.717, 1.165) is 16.5 Å². The Labute approximate surface area is 243 Å². The number of pyridine rings is 2. The maximum Gasteiger partial charge on any atom is 0.287 e. The molecule has 42 heavy (non-hydrogen) atoms. The number of nitrogens with one attached hydrogen (secondary N) is 2. The molecule has 3 heterocycles. The standard InChI is InChI=1S/C33H31N5O4/c1-38(22-24-12-9-16-34-21-24)33(41)28(18-23-10-3-2-4-11-23)37-31(39)27(20-26-14-7-8-17-35-26)36-32(40)30-19-25-13-5-6-15-29(25)42-30/h2-17,19,21,27-28H,18,20,22H2,1H3,(H,36,40)(H,37,39)/t27-,28-/m0/s1. The number of para-hydroxylation sites is 1. The Morgan fingerprint density at radius 3 is 2.31 bits per heavy atom. The molecule has 0 saturated heterocycles. The Morgan fingerprint density at radius 2 is 1.57 bits per heavy atom. The van der Waals surface area contributed by atoms with Gasteiger partial charge in [-0.15, -0.1) is 0 Å². The van der Waals surface area contributed by atoms with Gasteiger partial charge < -0.3 is 20.0 Å². The van der Waals surface area contributed by atoms with E-state index in [1.165, 1.54) is 0 Å². The molecule has 0 spiro atoms. The third-order valence-electron chi connectivity index (χ3n) is 6.83. The summed E-state index contributed by atoms with van der Waals surface area (Å²) < 4.78 is 5.72. The van der Waals surface area contributed by atoms with E-state index in [1.54, 1.807) is 54.8 Å². The van der Waals surface area contributed by atoms with Crippen LogP contribution in [0.5, 0.6) is 0 Å². The van der Waals surface area contributed by atoms with Crippen LogP contribution in [0, 0.1) is 0 Å². The highest BCUT2D eigenvalue weighted by Crippen LogP contribution is 2.19. The van der Waals surface area contributed by atoms with Crippen molar-refractivity contribution in [2.45, 2.75) is 31.5 Å². The lowest BCUT2D eigenvalue weighted by Crippen LogP contribution is -2.55. The van der Waals surface area contributed by atoms with Crippen molar-refractivity contribution in [3.63, 3.8) is 0 Å². The average Bonchev–Trinajstić information content (AvgIpc) is 3.46. The van der Waals surface area contributed by atoms with Crippen LogP contribution in [0.3, 0.4) is 0 Å². The quantitative estimate of drug-likeness (QED) is 0.252. The highest BCUT2D eigenvalue weighted by atomic mass is 16.3. The van der Waals surface area contributed by atoms with E-state index in [1.807, 2.05) is 66.7 Å². The summed E-state index contributed by atoms with van der Waals surface area (Å²) in [5, 5.41) is 6.50. The average molecular weight is 562 g/mol. The molecule has 0 bridgehead atoms. The predicted octanol–water partition coefficient (Wildman–Crippen LogP) is 3.95. The normalized spacial score (nSPS) is 12.3. The van der Waals surface area contributed by atoms with Crippen molar-refractivity contribution in [1.82, 2.24) is 25.5 Å². The summed E-state index contributed by atoms with van der Waals surface area (Å²) in [5.41, 5.74) is 2.93. The molecule has 0 fully saturated rings. The van der Waals surface area contributed by atoms with E-state index in [4.69, 9.17) is 4.42 Å². The van der Waals surface area contributed by atoms with E-state index in [9.17, 15) is 14.4 Å². The third kappa shape index (κ3) is 7.25. The van der Waals surface area contributed by atoms with Crippen molar-refractivity contribution < 1.29 is 18.8 Å². The third-order valence-corrected chi connectivity index (χ3v) is 6.83. The molecule has 0 unspecified atom stereocenters. The summed E-state index contributed by atoms with van der Waals surface area (Å²) in [7, 11) is 1.69. The molecule has 0 radical (unpaired) electrons. The first kappa shape index (κ1) is 28.2. The monoisotopic (exact) mass is 561 g/mol. The number of hydrogen-bond donors (Lipinski definition) is 2. The van der Waals surface area contributed by atoms with Gasteiger partial charge in [-0.25, -0.2) is 0 Å². The van der Waals surface area contributed by atoms with Crippen LogP contribution in [0.4, 0.5) is 0 Å². The molecule has 3 aromatic heterocycles. The van der Waals surface area contributed by atoms with Crippen LogP contribution < -0.4 is 10.6 Å². The molecular formula is C33H31N5O4. The molecule has 0 aliphatic heterocycles. The molecule has 212 valence electrons. The minimum absolute atomic E-state index is 0.0862. The number of likely N-dealkylation sites (N-methyl/N-ethyl adjacent to an activating group) is 1. The molecule has 0 aliphatic rings. The largest absolute Gasteiger partial charge is 0.451 e. The van der Waals surface area contributed by atoms with E-state index in [0.29, 0.717) is 17.8 Å². The van der Waals surface area contributed by atoms with E-state index < -0.39 is 23.9 Å². The molecule has 0 aliphatic carbocycles. The van der Waals surface area contributed by atoms with Crippen LogP contribution in [0.15, 0.2) is 114 Å². The molecule has 2 atom stereocenters. The van der Waals surface area contributed by atoms with Gasteiger partial charge in [-0.3, -0.25) is 24.4 Å². The first-order valence-corrected chi connectivity index (χ1v) is 13.6. The highest BCUT2D eigenvalue weighted by molar-refractivity contribution is 5.99. The number of furan rings is 1. The number of carbonyl (C=O) groups excluding carboxylic acids is 3. The van der Waals surface area contributed by atoms with Crippen LogP contribution in [0.2, 0.25) is 0 Å². The number of benzene rings is 2. The number of amides is 3. The zero-order valence-corrected chi connectivity index (χ0v) is 23.1. The zero-order valence-electron chi connectivity index (χ0n) is 23.1. The van der Waals surface area contributed by atoms with Gasteiger partial charge in [0.25, 0.3) is 5.91 Å². The summed E-state index contributed by atoms with van der Waals surface area (Å²) >= 11 is 0. The number of aromatic nitrogens is 2. The van der Waals surface area contributed by atoms with Crippen molar-refractivity contribution in [2.24, 2.45) is 0 Å². The molecule has 2 aromatic carbocycles. The summed E-state index contributed by atoms with van der Waals surface area (Å²) in [4.78, 5) is 50.8. The van der Waals surface area contributed by atoms with Gasteiger partial charge in [0, 0.05) is 56.1 Å². The highest BCUT2D eigenvalue weighted by Gasteiger charge is 2.30. The van der Waals surface area contributed by atoms with Gasteiger partial charge >= 0.3 is 0 Å². The number of fused-ring (bicyclic) bond motifs is 1. The summed E-state index contributed by atoms with van der Waals surface area (Å²) in [5.74, 6) is -1.23. The van der Waals surface area contributed by atoms with Gasteiger partial charge in [-0.05, 0) is 41.5 Å². The van der Waals surface area contributed by atoms with Crippen LogP contribution in [0.1, 0.15) is 27.4 Å². The number of carbonyl (C=O) groups is 3. The topological polar surface area (TPSA) is 117 Å². The fourth-order valence-electron chi connectivity index (χ4n) is 4.69. The van der Waals surface area contributed by atoms with Crippen LogP contribution in [0.25, 0.3) is 11.0 Å². The van der Waals surface area contributed by atoms with Gasteiger partial charge in [-0.1, -0.05) is 60.7 Å². The minimum atomic E-state index is -1.02. The molecule has 3 amide bonds. The smallest absolute Gasteiger partial charge is 0.287 e. The second kappa shape index (κ2) is 13.4. The first-order chi connectivity index (χ1) is 20.5. The minimum Gasteiger partial charge on any atom is -0.451 e. The van der Waals surface area contributed by atoms with Crippen LogP contribution in [-0.2, 0) is 29.0 Å². The van der Waals surface area contributed by atoms with Crippen molar-refractivity contribution in [3.05, 3.63) is 132 Å². The van der Waals surface area contributed by atoms with Gasteiger partial charge in [0.2, 0.25) is 11.8 Å². The van der Waals surface area contributed by atoms with E-state index in [-0.39, 0.29) is 24.5 Å². The molecule has 5 rings (SSSR count). The zero-order chi connectivity index (χ0) is 29.3. The Bertz CT molecular complexity index is 1610. The first-order valence-electron chi connectivity index (χ1n) is 13.6. The van der Waals surface area contributed by atoms with Gasteiger partial charge in [-0.2, -0.15) is 0 Å². The van der Waals surface area contributed by atoms with Crippen molar-refractivity contribution in [3.8, 4) is 0 Å². The summed E-state index contributed by atoms with van der Waals surface area (Å²) in [6.07, 6.45) is 5.39. The molecule has 9 heteroatoms. The summed E-state index contributed by atoms with van der Waals surface area (Å²) in [6.45, 7) is 0.327. The predicted molar refractivity (Wildman–Crippen MR) is 158 cm³/mol. The van der Waals surface area contributed by atoms with E-state index in [2.05, 4.69) is 20.6 Å². The fourth-order valence-corrected chi connectivity index (χ4v) is 4.69. The lowest BCUT2D eigenvalue weighted by Gasteiger charge is -2.27. The Balaban J connectivity index is 1.38. The molecular weight excluding hydrogens is 530 g/mol. The lowest BCUT2D eigenvalue weighted by molar-refractivity contribution is -0.136. The second-order valence-corrected chi connectivity index (χ2v) is 10.0.